The third-order valence-electron chi connectivity index (χ3n) is 8.55. The maximum Gasteiger partial charge on any atom is 0.323 e. The monoisotopic (exact) mass is 472 g/mol. The quantitative estimate of drug-likeness (QED) is 0.266. The summed E-state index contributed by atoms with van der Waals surface area (Å²) in [4.78, 5) is 51.2. The highest BCUT2D eigenvalue weighted by molar-refractivity contribution is 6.01. The smallest absolute Gasteiger partial charge is 0.323 e. The Hall–Kier alpha value is -2.90. The summed E-state index contributed by atoms with van der Waals surface area (Å²) in [6.07, 6.45) is 5.36. The number of hydrogen-bond donors (Lipinski definition) is 0. The maximum absolute atomic E-state index is 12.8. The highest BCUT2D eigenvalue weighted by Gasteiger charge is 2.60. The Labute approximate surface area is 199 Å². The average Bonchev–Trinajstić information content (AvgIpc) is 3.29. The number of methoxy groups -OCH3 is 4. The van der Waals surface area contributed by atoms with E-state index in [1.807, 2.05) is 6.08 Å². The Morgan fingerprint density at radius 1 is 0.765 bits per heavy atom. The second kappa shape index (κ2) is 8.71. The SMILES string of the molecule is C=C1CC2=C(CCC3=CCC(C(=O)OC)(C(=O)OC)C[C@@H]32)[C@H]2CC(C(=O)OC)(C(=O)OC)C[C@@H]12. The Morgan fingerprint density at radius 2 is 1.29 bits per heavy atom. The molecular weight excluding hydrogens is 440 g/mol. The summed E-state index contributed by atoms with van der Waals surface area (Å²) >= 11 is 0. The van der Waals surface area contributed by atoms with Gasteiger partial charge in [-0.2, -0.15) is 0 Å². The molecule has 0 heterocycles. The van der Waals surface area contributed by atoms with Gasteiger partial charge in [-0.25, -0.2) is 0 Å². The first-order valence-electron chi connectivity index (χ1n) is 11.6. The number of esters is 4. The van der Waals surface area contributed by atoms with E-state index in [4.69, 9.17) is 18.9 Å². The fourth-order valence-electron chi connectivity index (χ4n) is 6.86. The Kier molecular flexibility index (Phi) is 6.21. The van der Waals surface area contributed by atoms with Gasteiger partial charge in [-0.1, -0.05) is 34.9 Å². The molecule has 0 aromatic heterocycles. The first kappa shape index (κ1) is 24.2. The van der Waals surface area contributed by atoms with Gasteiger partial charge < -0.3 is 18.9 Å². The molecule has 3 atom stereocenters. The van der Waals surface area contributed by atoms with Crippen molar-refractivity contribution in [2.45, 2.75) is 44.9 Å². The molecule has 34 heavy (non-hydrogen) atoms. The number of rotatable bonds is 4. The second-order valence-corrected chi connectivity index (χ2v) is 9.88. The third-order valence-corrected chi connectivity index (χ3v) is 8.55. The number of carbonyl (C=O) groups excluding carboxylic acids is 4. The van der Waals surface area contributed by atoms with Gasteiger partial charge in [0.15, 0.2) is 10.8 Å². The van der Waals surface area contributed by atoms with E-state index in [2.05, 4.69) is 6.58 Å². The van der Waals surface area contributed by atoms with E-state index in [9.17, 15) is 19.2 Å². The topological polar surface area (TPSA) is 105 Å². The van der Waals surface area contributed by atoms with Crippen LogP contribution in [0.25, 0.3) is 0 Å². The summed E-state index contributed by atoms with van der Waals surface area (Å²) in [7, 11) is 5.13. The lowest BCUT2D eigenvalue weighted by Gasteiger charge is -2.45. The number of carbonyl (C=O) groups is 4. The van der Waals surface area contributed by atoms with E-state index >= 15 is 0 Å². The molecule has 0 spiro atoms. The molecule has 0 radical (unpaired) electrons. The van der Waals surface area contributed by atoms with Crippen LogP contribution in [-0.4, -0.2) is 52.3 Å². The molecule has 0 bridgehead atoms. The van der Waals surface area contributed by atoms with Crippen LogP contribution in [0.1, 0.15) is 44.9 Å². The van der Waals surface area contributed by atoms with E-state index in [0.717, 1.165) is 24.0 Å². The molecule has 0 N–H and O–H groups in total. The van der Waals surface area contributed by atoms with Gasteiger partial charge in [0.05, 0.1) is 28.4 Å². The van der Waals surface area contributed by atoms with E-state index in [-0.39, 0.29) is 30.6 Å². The summed E-state index contributed by atoms with van der Waals surface area (Å²) in [6, 6.07) is 0. The molecule has 184 valence electrons. The van der Waals surface area contributed by atoms with Crippen molar-refractivity contribution in [1.29, 1.82) is 0 Å². The average molecular weight is 473 g/mol. The van der Waals surface area contributed by atoms with Gasteiger partial charge in [0.25, 0.3) is 0 Å². The molecule has 0 aromatic carbocycles. The lowest BCUT2D eigenvalue weighted by molar-refractivity contribution is -0.171. The van der Waals surface area contributed by atoms with Crippen LogP contribution in [-0.2, 0) is 38.1 Å². The fourth-order valence-corrected chi connectivity index (χ4v) is 6.86. The molecule has 1 saturated carbocycles. The molecule has 0 unspecified atom stereocenters. The molecule has 0 saturated heterocycles. The first-order valence-corrected chi connectivity index (χ1v) is 11.6. The number of allylic oxidation sites excluding steroid dienone is 5. The molecule has 8 nitrogen and oxygen atoms in total. The minimum Gasteiger partial charge on any atom is -0.468 e. The maximum atomic E-state index is 12.8. The van der Waals surface area contributed by atoms with E-state index < -0.39 is 34.7 Å². The minimum atomic E-state index is -1.39. The summed E-state index contributed by atoms with van der Waals surface area (Å²) in [6.45, 7) is 4.32. The van der Waals surface area contributed by atoms with Gasteiger partial charge in [-0.05, 0) is 56.8 Å². The van der Waals surface area contributed by atoms with Crippen molar-refractivity contribution in [3.8, 4) is 0 Å². The molecule has 4 rings (SSSR count). The molecule has 0 aromatic rings. The van der Waals surface area contributed by atoms with Crippen LogP contribution in [0.4, 0.5) is 0 Å². The number of hydrogen-bond acceptors (Lipinski definition) is 8. The van der Waals surface area contributed by atoms with Crippen molar-refractivity contribution in [3.63, 3.8) is 0 Å². The van der Waals surface area contributed by atoms with Crippen LogP contribution in [0.2, 0.25) is 0 Å². The predicted molar refractivity (Wildman–Crippen MR) is 120 cm³/mol. The number of fused-ring (bicyclic) bond motifs is 4. The van der Waals surface area contributed by atoms with Gasteiger partial charge in [-0.15, -0.1) is 0 Å². The van der Waals surface area contributed by atoms with Crippen molar-refractivity contribution in [2.75, 3.05) is 28.4 Å². The second-order valence-electron chi connectivity index (χ2n) is 9.88. The summed E-state index contributed by atoms with van der Waals surface area (Å²) in [5.41, 5.74) is 1.77. The standard InChI is InChI=1S/C26H32O8/c1-14-10-17-16(20-13-26(11-18(14)20,23(29)33-4)24(30)34-5)7-6-15-8-9-25(12-19(15)17,21(27)31-2)22(28)32-3/h8,18-20H,1,6-7,9-13H2,2-5H3/t18-,19-,20+/m0/s1. The van der Waals surface area contributed by atoms with Crippen molar-refractivity contribution in [3.05, 3.63) is 34.9 Å². The van der Waals surface area contributed by atoms with Crippen LogP contribution in [0, 0.1) is 28.6 Å². The molecule has 4 aliphatic rings. The summed E-state index contributed by atoms with van der Waals surface area (Å²) in [5, 5.41) is 0. The Balaban J connectivity index is 1.76. The zero-order valence-corrected chi connectivity index (χ0v) is 20.2. The molecule has 1 fully saturated rings. The zero-order valence-electron chi connectivity index (χ0n) is 20.2. The molecule has 4 aliphatic carbocycles. The van der Waals surface area contributed by atoms with E-state index in [1.54, 1.807) is 0 Å². The third kappa shape index (κ3) is 3.33. The Morgan fingerprint density at radius 3 is 1.85 bits per heavy atom. The lowest BCUT2D eigenvalue weighted by Crippen LogP contribution is -2.45. The fraction of sp³-hybridized carbons (Fsp3) is 0.615. The van der Waals surface area contributed by atoms with Gasteiger partial charge in [-0.3, -0.25) is 19.2 Å². The van der Waals surface area contributed by atoms with Crippen LogP contribution in [0.5, 0.6) is 0 Å². The predicted octanol–water partition coefficient (Wildman–Crippen LogP) is 3.06. The van der Waals surface area contributed by atoms with Crippen LogP contribution < -0.4 is 0 Å². The molecular formula is C26H32O8. The summed E-state index contributed by atoms with van der Waals surface area (Å²) < 4.78 is 20.1. The normalized spacial score (nSPS) is 28.5. The first-order chi connectivity index (χ1) is 16.2. The lowest BCUT2D eigenvalue weighted by atomic mass is 9.59. The Bertz CT molecular complexity index is 984. The zero-order chi connectivity index (χ0) is 24.8. The van der Waals surface area contributed by atoms with Crippen molar-refractivity contribution in [2.24, 2.45) is 28.6 Å². The van der Waals surface area contributed by atoms with Gasteiger partial charge in [0, 0.05) is 5.92 Å². The number of ether oxygens (including phenoxy) is 4. The molecule has 8 heteroatoms. The van der Waals surface area contributed by atoms with Gasteiger partial charge in [0.1, 0.15) is 0 Å². The van der Waals surface area contributed by atoms with Crippen molar-refractivity contribution in [1.82, 2.24) is 0 Å². The largest absolute Gasteiger partial charge is 0.468 e. The van der Waals surface area contributed by atoms with E-state index in [1.165, 1.54) is 39.6 Å². The highest BCUT2D eigenvalue weighted by Crippen LogP contribution is 2.61. The van der Waals surface area contributed by atoms with Gasteiger partial charge in [0.2, 0.25) is 0 Å². The van der Waals surface area contributed by atoms with Gasteiger partial charge >= 0.3 is 23.9 Å². The minimum absolute atomic E-state index is 0.0305. The highest BCUT2D eigenvalue weighted by atomic mass is 16.6. The van der Waals surface area contributed by atoms with E-state index in [0.29, 0.717) is 19.3 Å². The summed E-state index contributed by atoms with van der Waals surface area (Å²) in [5.74, 6) is -2.51. The van der Waals surface area contributed by atoms with Crippen molar-refractivity contribution < 1.29 is 38.1 Å². The molecule has 0 amide bonds. The van der Waals surface area contributed by atoms with Crippen LogP contribution in [0.3, 0.4) is 0 Å². The van der Waals surface area contributed by atoms with Crippen LogP contribution in [0.15, 0.2) is 34.9 Å². The van der Waals surface area contributed by atoms with Crippen molar-refractivity contribution >= 4 is 23.9 Å². The van der Waals surface area contributed by atoms with Crippen LogP contribution >= 0.6 is 0 Å². The molecule has 0 aliphatic heterocycles.